The van der Waals surface area contributed by atoms with E-state index in [0.29, 0.717) is 0 Å². The van der Waals surface area contributed by atoms with Crippen molar-refractivity contribution >= 4 is 45.2 Å². The Labute approximate surface area is 182 Å². The van der Waals surface area contributed by atoms with E-state index < -0.39 is 8.80 Å². The lowest BCUT2D eigenvalue weighted by molar-refractivity contribution is 0.774. The molecule has 0 saturated heterocycles. The van der Waals surface area contributed by atoms with Crippen molar-refractivity contribution in [1.82, 2.24) is 0 Å². The van der Waals surface area contributed by atoms with Gasteiger partial charge in [0.25, 0.3) is 0 Å². The highest BCUT2D eigenvalue weighted by atomic mass is 32.1. The SMILES string of the molecule is c1ccc([SiH2][C@@H](CCCc2cccs2)[SiH](c2ccccc2)c2ccccc2)cc1. The largest absolute Gasteiger partial charge is 0.149 e. The summed E-state index contributed by atoms with van der Waals surface area (Å²) in [6.45, 7) is 0. The molecule has 0 unspecified atom stereocenters. The topological polar surface area (TPSA) is 0 Å². The van der Waals surface area contributed by atoms with Crippen molar-refractivity contribution in [2.45, 2.75) is 24.4 Å². The molecule has 0 N–H and O–H groups in total. The Hall–Kier alpha value is -2.21. The zero-order valence-corrected chi connectivity index (χ0v) is 20.2. The smallest absolute Gasteiger partial charge is 0.103 e. The summed E-state index contributed by atoms with van der Waals surface area (Å²) in [7, 11) is -1.63. The normalized spacial score (nSPS) is 12.6. The number of thiophene rings is 1. The van der Waals surface area contributed by atoms with Gasteiger partial charge in [-0.1, -0.05) is 119 Å². The van der Waals surface area contributed by atoms with E-state index in [9.17, 15) is 0 Å². The van der Waals surface area contributed by atoms with Gasteiger partial charge in [-0.15, -0.1) is 11.3 Å². The van der Waals surface area contributed by atoms with Crippen LogP contribution in [0.25, 0.3) is 0 Å². The van der Waals surface area contributed by atoms with Gasteiger partial charge in [-0.25, -0.2) is 0 Å². The Morgan fingerprint density at radius 1 is 0.690 bits per heavy atom. The molecule has 0 fully saturated rings. The molecule has 0 amide bonds. The van der Waals surface area contributed by atoms with E-state index in [0.717, 1.165) is 5.16 Å². The van der Waals surface area contributed by atoms with Crippen LogP contribution < -0.4 is 15.6 Å². The third kappa shape index (κ3) is 5.66. The lowest BCUT2D eigenvalue weighted by Gasteiger charge is -2.27. The molecule has 3 aromatic carbocycles. The average molecular weight is 429 g/mol. The van der Waals surface area contributed by atoms with Gasteiger partial charge in [0.2, 0.25) is 0 Å². The monoisotopic (exact) mass is 428 g/mol. The summed E-state index contributed by atoms with van der Waals surface area (Å²) in [5.74, 6) is 0. The van der Waals surface area contributed by atoms with Gasteiger partial charge in [0.05, 0.1) is 9.52 Å². The Morgan fingerprint density at radius 2 is 1.28 bits per heavy atom. The molecule has 3 heteroatoms. The summed E-state index contributed by atoms with van der Waals surface area (Å²) in [6, 6.07) is 38.5. The zero-order chi connectivity index (χ0) is 19.7. The fourth-order valence-corrected chi connectivity index (χ4v) is 13.5. The maximum atomic E-state index is 2.38. The summed E-state index contributed by atoms with van der Waals surface area (Å²) < 4.78 is 0. The van der Waals surface area contributed by atoms with Gasteiger partial charge in [0.15, 0.2) is 0 Å². The van der Waals surface area contributed by atoms with Crippen molar-refractivity contribution < 1.29 is 0 Å². The van der Waals surface area contributed by atoms with Crippen LogP contribution in [0.5, 0.6) is 0 Å². The number of rotatable bonds is 9. The number of benzene rings is 3. The highest BCUT2D eigenvalue weighted by Gasteiger charge is 2.27. The molecule has 0 nitrogen and oxygen atoms in total. The van der Waals surface area contributed by atoms with Gasteiger partial charge >= 0.3 is 0 Å². The van der Waals surface area contributed by atoms with E-state index in [2.05, 4.69) is 109 Å². The van der Waals surface area contributed by atoms with Crippen molar-refractivity contribution in [3.63, 3.8) is 0 Å². The fraction of sp³-hybridized carbons (Fsp3) is 0.154. The van der Waals surface area contributed by atoms with Gasteiger partial charge < -0.3 is 0 Å². The van der Waals surface area contributed by atoms with Crippen molar-refractivity contribution in [2.75, 3.05) is 0 Å². The minimum absolute atomic E-state index is 0.354. The lowest BCUT2D eigenvalue weighted by atomic mass is 10.2. The molecule has 1 aromatic heterocycles. The van der Waals surface area contributed by atoms with Gasteiger partial charge in [0.1, 0.15) is 8.80 Å². The highest BCUT2D eigenvalue weighted by Crippen LogP contribution is 2.21. The summed E-state index contributed by atoms with van der Waals surface area (Å²) in [5, 5.41) is 7.86. The first-order valence-electron chi connectivity index (χ1n) is 10.6. The van der Waals surface area contributed by atoms with E-state index in [-0.39, 0.29) is 9.52 Å². The van der Waals surface area contributed by atoms with E-state index in [1.165, 1.54) is 24.1 Å². The second kappa shape index (κ2) is 10.5. The molecule has 4 rings (SSSR count). The first kappa shape index (κ1) is 20.1. The standard InChI is InChI=1S/C26H28SSi2/c1-4-14-23(15-5-1)28-26(20-10-12-22-13-11-21-27-22)29(24-16-6-2-7-17-24)25-18-8-3-9-19-25/h1-9,11,13-19,21,26,29H,10,12,20,28H2/t26-/m1/s1. The Kier molecular flexibility index (Phi) is 7.30. The van der Waals surface area contributed by atoms with E-state index in [4.69, 9.17) is 0 Å². The van der Waals surface area contributed by atoms with E-state index >= 15 is 0 Å². The maximum Gasteiger partial charge on any atom is 0.103 e. The quantitative estimate of drug-likeness (QED) is 0.354. The van der Waals surface area contributed by atoms with Crippen LogP contribution in [-0.2, 0) is 6.42 Å². The zero-order valence-electron chi connectivity index (χ0n) is 16.8. The third-order valence-corrected chi connectivity index (χ3v) is 14.1. The molecule has 1 atom stereocenters. The summed E-state index contributed by atoms with van der Waals surface area (Å²) in [4.78, 5) is 1.53. The minimum atomic E-state index is -1.28. The molecule has 29 heavy (non-hydrogen) atoms. The second-order valence-corrected chi connectivity index (χ2v) is 15.2. The van der Waals surface area contributed by atoms with E-state index in [1.54, 1.807) is 15.6 Å². The van der Waals surface area contributed by atoms with Crippen LogP contribution >= 0.6 is 11.3 Å². The number of aryl methyl sites for hydroxylation is 1. The predicted molar refractivity (Wildman–Crippen MR) is 135 cm³/mol. The van der Waals surface area contributed by atoms with Crippen molar-refractivity contribution in [1.29, 1.82) is 0 Å². The number of hydrogen-bond acceptors (Lipinski definition) is 1. The Balaban J connectivity index is 1.63. The van der Waals surface area contributed by atoms with Crippen molar-refractivity contribution in [2.24, 2.45) is 0 Å². The van der Waals surface area contributed by atoms with Gasteiger partial charge in [-0.05, 0) is 29.5 Å². The summed E-state index contributed by atoms with van der Waals surface area (Å²) in [5.41, 5.74) is 0. The van der Waals surface area contributed by atoms with Crippen LogP contribution in [-0.4, -0.2) is 18.3 Å². The van der Waals surface area contributed by atoms with Crippen LogP contribution in [0.1, 0.15) is 17.7 Å². The molecule has 4 aromatic rings. The van der Waals surface area contributed by atoms with Crippen molar-refractivity contribution in [3.05, 3.63) is 113 Å². The van der Waals surface area contributed by atoms with Crippen LogP contribution in [0.2, 0.25) is 5.16 Å². The Bertz CT molecular complexity index is 914. The molecule has 0 bridgehead atoms. The molecule has 0 saturated carbocycles. The first-order chi connectivity index (χ1) is 14.4. The van der Waals surface area contributed by atoms with Gasteiger partial charge in [-0.2, -0.15) is 0 Å². The van der Waals surface area contributed by atoms with Crippen LogP contribution in [0.3, 0.4) is 0 Å². The predicted octanol–water partition coefficient (Wildman–Crippen LogP) is 3.93. The van der Waals surface area contributed by atoms with Gasteiger partial charge in [-0.3, -0.25) is 0 Å². The maximum absolute atomic E-state index is 2.38. The fourth-order valence-electron chi connectivity index (χ4n) is 4.35. The molecular weight excluding hydrogens is 401 g/mol. The average Bonchev–Trinajstić information content (AvgIpc) is 3.30. The van der Waals surface area contributed by atoms with Crippen LogP contribution in [0, 0.1) is 0 Å². The number of hydrogen-bond donors (Lipinski definition) is 0. The highest BCUT2D eigenvalue weighted by molar-refractivity contribution is 7.09. The third-order valence-electron chi connectivity index (χ3n) is 5.71. The second-order valence-electron chi connectivity index (χ2n) is 7.72. The summed E-state index contributed by atoms with van der Waals surface area (Å²) in [6.07, 6.45) is 3.87. The van der Waals surface area contributed by atoms with E-state index in [1.807, 2.05) is 11.3 Å². The van der Waals surface area contributed by atoms with Crippen molar-refractivity contribution in [3.8, 4) is 0 Å². The summed E-state index contributed by atoms with van der Waals surface area (Å²) >= 11 is 1.90. The minimum Gasteiger partial charge on any atom is -0.149 e. The molecule has 0 spiro atoms. The molecule has 0 aliphatic rings. The first-order valence-corrected chi connectivity index (χ1v) is 14.8. The lowest BCUT2D eigenvalue weighted by Crippen LogP contribution is -2.49. The van der Waals surface area contributed by atoms with Gasteiger partial charge in [0, 0.05) is 4.88 Å². The molecule has 146 valence electrons. The molecule has 0 aliphatic carbocycles. The van der Waals surface area contributed by atoms with Crippen LogP contribution in [0.4, 0.5) is 0 Å². The Morgan fingerprint density at radius 3 is 1.83 bits per heavy atom. The van der Waals surface area contributed by atoms with Crippen LogP contribution in [0.15, 0.2) is 109 Å². The molecule has 0 aliphatic heterocycles. The molecular formula is C26H28SSi2. The molecule has 0 radical (unpaired) electrons. The molecule has 1 heterocycles.